The molecule has 4 amide bonds. The van der Waals surface area contributed by atoms with Gasteiger partial charge in [-0.05, 0) is 60.8 Å². The number of nitrogens with zero attached hydrogens (tertiary/aromatic N) is 4. The molecule has 0 saturated carbocycles. The van der Waals surface area contributed by atoms with Gasteiger partial charge in [0.2, 0.25) is 11.8 Å². The molecule has 56 heavy (non-hydrogen) atoms. The first-order valence-corrected chi connectivity index (χ1v) is 20.6. The van der Waals surface area contributed by atoms with Crippen LogP contribution < -0.4 is 10.6 Å². The van der Waals surface area contributed by atoms with Crippen molar-refractivity contribution in [2.24, 2.45) is 11.8 Å². The summed E-state index contributed by atoms with van der Waals surface area (Å²) in [6, 6.07) is 11.0. The molecule has 2 aliphatic heterocycles. The van der Waals surface area contributed by atoms with Gasteiger partial charge in [-0.15, -0.1) is 22.7 Å². The van der Waals surface area contributed by atoms with E-state index >= 15 is 0 Å². The Kier molecular flexibility index (Phi) is 11.5. The van der Waals surface area contributed by atoms with E-state index in [4.69, 9.17) is 14.5 Å². The van der Waals surface area contributed by atoms with Crippen LogP contribution in [0.3, 0.4) is 0 Å². The quantitative estimate of drug-likeness (QED) is 0.106. The van der Waals surface area contributed by atoms with Gasteiger partial charge in [0.15, 0.2) is 0 Å². The summed E-state index contributed by atoms with van der Waals surface area (Å²) in [5.41, 5.74) is 3.89. The van der Waals surface area contributed by atoms with Crippen LogP contribution in [-0.2, 0) is 19.1 Å². The second kappa shape index (κ2) is 16.5. The van der Waals surface area contributed by atoms with Crippen LogP contribution in [-0.4, -0.2) is 93.1 Å². The number of carbonyl (C=O) groups excluding carboxylic acids is 4. The van der Waals surface area contributed by atoms with E-state index in [0.717, 1.165) is 64.7 Å². The number of ether oxygens (including phenoxy) is 2. The lowest BCUT2D eigenvalue weighted by atomic mass is 10.0. The third kappa shape index (κ3) is 7.89. The van der Waals surface area contributed by atoms with E-state index in [2.05, 4.69) is 62.0 Å². The minimum atomic E-state index is -0.683. The zero-order valence-electron chi connectivity index (χ0n) is 32.4. The molecule has 16 heteroatoms. The number of rotatable bonds is 11. The predicted molar refractivity (Wildman–Crippen MR) is 216 cm³/mol. The average Bonchev–Trinajstić information content (AvgIpc) is 4.04. The average molecular weight is 801 g/mol. The molecule has 5 aromatic rings. The molecule has 0 unspecified atom stereocenters. The molecule has 4 N–H and O–H groups in total. The van der Waals surface area contributed by atoms with Crippen molar-refractivity contribution in [3.63, 3.8) is 0 Å². The maximum Gasteiger partial charge on any atom is 0.407 e. The Hall–Kier alpha value is -5.22. The third-order valence-electron chi connectivity index (χ3n) is 10.6. The van der Waals surface area contributed by atoms with Gasteiger partial charge in [0.1, 0.15) is 23.7 Å². The summed E-state index contributed by atoms with van der Waals surface area (Å²) in [5, 5.41) is 5.40. The molecule has 7 rings (SSSR count). The number of methoxy groups -OCH3 is 2. The zero-order chi connectivity index (χ0) is 39.7. The molecular formula is C40H48N8O6S2. The topological polar surface area (TPSA) is 175 Å². The number of alkyl carbamates (subject to hydrolysis) is 2. The van der Waals surface area contributed by atoms with E-state index in [9.17, 15) is 19.2 Å². The van der Waals surface area contributed by atoms with Crippen LogP contribution in [0.15, 0.2) is 48.8 Å². The molecule has 0 spiro atoms. The Bertz CT molecular complexity index is 2170. The van der Waals surface area contributed by atoms with Crippen molar-refractivity contribution < 1.29 is 28.7 Å². The zero-order valence-corrected chi connectivity index (χ0v) is 34.0. The van der Waals surface area contributed by atoms with E-state index in [0.29, 0.717) is 13.1 Å². The fourth-order valence-electron chi connectivity index (χ4n) is 7.59. The molecule has 2 saturated heterocycles. The number of nitrogens with one attached hydrogen (secondary N) is 4. The first kappa shape index (κ1) is 39.0. The molecule has 296 valence electrons. The standard InChI is InChI=1S/C40H48N8O6S2/c1-21(2)33(45-39(51)53-5)37(49)47-15-7-9-27(47)35-41-19-25(43-35)23-11-13-24(14-12-23)29-17-31-32(55-29)18-30(56-31)26-20-42-36(44-26)28-10-8-16-48(28)38(50)34(22(3)4)46-40(52)54-6/h11-14,17-22,27-28,33-34H,7-10,15-16H2,1-6H3,(H,41,43)(H,42,44)(H,45,51)(H,46,52)/t27-,28-,33-,34-/m0/s1. The number of aromatic nitrogens is 4. The van der Waals surface area contributed by atoms with Crippen molar-refractivity contribution in [1.82, 2.24) is 40.4 Å². The predicted octanol–water partition coefficient (Wildman–Crippen LogP) is 7.50. The summed E-state index contributed by atoms with van der Waals surface area (Å²) in [7, 11) is 2.59. The van der Waals surface area contributed by atoms with Crippen LogP contribution in [0.1, 0.15) is 77.1 Å². The van der Waals surface area contributed by atoms with E-state index in [1.165, 1.54) is 28.5 Å². The lowest BCUT2D eigenvalue weighted by Gasteiger charge is -2.30. The molecule has 1 aromatic carbocycles. The fraction of sp³-hybridized carbons (Fsp3) is 0.450. The number of likely N-dealkylation sites (tertiary alicyclic amines) is 2. The second-order valence-electron chi connectivity index (χ2n) is 15.0. The van der Waals surface area contributed by atoms with Crippen molar-refractivity contribution >= 4 is 56.1 Å². The Morgan fingerprint density at radius 1 is 0.696 bits per heavy atom. The Balaban J connectivity index is 1.02. The molecule has 0 aliphatic carbocycles. The van der Waals surface area contributed by atoms with E-state index < -0.39 is 24.3 Å². The summed E-state index contributed by atoms with van der Waals surface area (Å²) in [5.74, 6) is 1.01. The number of imidazole rings is 2. The summed E-state index contributed by atoms with van der Waals surface area (Å²) >= 11 is 3.44. The normalized spacial score (nSPS) is 18.1. The smallest absolute Gasteiger partial charge is 0.407 e. The van der Waals surface area contributed by atoms with E-state index in [-0.39, 0.29) is 35.7 Å². The number of amides is 4. The molecule has 2 aliphatic rings. The van der Waals surface area contributed by atoms with Crippen LogP contribution in [0.25, 0.3) is 41.7 Å². The Morgan fingerprint density at radius 3 is 1.64 bits per heavy atom. The minimum Gasteiger partial charge on any atom is -0.453 e. The molecule has 0 radical (unpaired) electrons. The van der Waals surface area contributed by atoms with Gasteiger partial charge < -0.3 is 39.9 Å². The van der Waals surface area contributed by atoms with Gasteiger partial charge in [0.05, 0.1) is 55.0 Å². The number of thiophene rings is 2. The lowest BCUT2D eigenvalue weighted by Crippen LogP contribution is -2.51. The Morgan fingerprint density at radius 2 is 1.14 bits per heavy atom. The highest BCUT2D eigenvalue weighted by molar-refractivity contribution is 7.31. The highest BCUT2D eigenvalue weighted by Gasteiger charge is 2.39. The van der Waals surface area contributed by atoms with Gasteiger partial charge in [-0.2, -0.15) is 0 Å². The fourth-order valence-corrected chi connectivity index (χ4v) is 9.96. The summed E-state index contributed by atoms with van der Waals surface area (Å²) in [4.78, 5) is 73.2. The molecule has 0 bridgehead atoms. The first-order valence-electron chi connectivity index (χ1n) is 19.0. The number of aromatic amines is 2. The molecular weight excluding hydrogens is 753 g/mol. The number of hydrogen-bond acceptors (Lipinski definition) is 10. The van der Waals surface area contributed by atoms with Gasteiger partial charge in [-0.3, -0.25) is 9.59 Å². The highest BCUT2D eigenvalue weighted by atomic mass is 32.1. The molecule has 4 atom stereocenters. The van der Waals surface area contributed by atoms with Gasteiger partial charge in [-0.1, -0.05) is 52.0 Å². The lowest BCUT2D eigenvalue weighted by molar-refractivity contribution is -0.136. The van der Waals surface area contributed by atoms with Crippen molar-refractivity contribution in [2.45, 2.75) is 77.5 Å². The van der Waals surface area contributed by atoms with Gasteiger partial charge in [-0.25, -0.2) is 19.6 Å². The molecule has 14 nitrogen and oxygen atoms in total. The highest BCUT2D eigenvalue weighted by Crippen LogP contribution is 2.42. The Labute approximate surface area is 333 Å². The number of hydrogen-bond donors (Lipinski definition) is 4. The first-order chi connectivity index (χ1) is 26.9. The largest absolute Gasteiger partial charge is 0.453 e. The van der Waals surface area contributed by atoms with Crippen molar-refractivity contribution in [3.8, 4) is 32.3 Å². The monoisotopic (exact) mass is 800 g/mol. The molecule has 2 fully saturated rings. The second-order valence-corrected chi connectivity index (χ2v) is 17.2. The van der Waals surface area contributed by atoms with Gasteiger partial charge >= 0.3 is 12.2 Å². The summed E-state index contributed by atoms with van der Waals surface area (Å²) < 4.78 is 11.9. The van der Waals surface area contributed by atoms with Crippen molar-refractivity contribution in [2.75, 3.05) is 27.3 Å². The molecule has 4 aromatic heterocycles. The maximum atomic E-state index is 13.6. The van der Waals surface area contributed by atoms with Crippen LogP contribution in [0.5, 0.6) is 0 Å². The molecule has 6 heterocycles. The number of fused-ring (bicyclic) bond motifs is 1. The minimum absolute atomic E-state index is 0.0990. The van der Waals surface area contributed by atoms with Crippen molar-refractivity contribution in [3.05, 3.63) is 60.4 Å². The maximum absolute atomic E-state index is 13.6. The number of benzene rings is 1. The van der Waals surface area contributed by atoms with Crippen LogP contribution in [0, 0.1) is 11.8 Å². The van der Waals surface area contributed by atoms with Gasteiger partial charge in [0.25, 0.3) is 0 Å². The SMILES string of the molecule is COC(=O)N[C@H](C(=O)N1CCC[C@H]1c1ncc(-c2ccc(-c3cc4sc(-c5cnc([C@@H]6CCCN6C(=O)[C@@H](NC(=O)OC)C(C)C)[nH]5)cc4s3)cc2)[nH]1)C(C)C. The number of carbonyl (C=O) groups is 4. The van der Waals surface area contributed by atoms with E-state index in [1.807, 2.05) is 49.9 Å². The summed E-state index contributed by atoms with van der Waals surface area (Å²) in [6.07, 6.45) is 5.70. The van der Waals surface area contributed by atoms with Crippen LogP contribution in [0.4, 0.5) is 9.59 Å². The van der Waals surface area contributed by atoms with Gasteiger partial charge in [0, 0.05) is 27.4 Å². The number of H-pyrrole nitrogens is 2. The van der Waals surface area contributed by atoms with Crippen LogP contribution in [0.2, 0.25) is 0 Å². The summed E-state index contributed by atoms with van der Waals surface area (Å²) in [6.45, 7) is 8.82. The van der Waals surface area contributed by atoms with Crippen LogP contribution >= 0.6 is 22.7 Å². The third-order valence-corrected chi connectivity index (χ3v) is 13.0. The van der Waals surface area contributed by atoms with Crippen molar-refractivity contribution in [1.29, 1.82) is 0 Å². The van der Waals surface area contributed by atoms with E-state index in [1.54, 1.807) is 22.7 Å².